The van der Waals surface area contributed by atoms with Crippen molar-refractivity contribution in [2.75, 3.05) is 19.4 Å². The number of fused-ring (bicyclic) bond motifs is 1. The number of thioether (sulfide) groups is 1. The summed E-state index contributed by atoms with van der Waals surface area (Å²) in [4.78, 5) is 61.5. The van der Waals surface area contributed by atoms with Crippen LogP contribution in [0.4, 0.5) is 9.18 Å². The number of nitrogens with one attached hydrogen (secondary N) is 5. The SMILES string of the molecule is COC(C(=O)N[C@@H](CC(C)C)C(=O)N[C@H](C=O)CCCCNC(=O)CCCC[C@@H]1SC[C@@H]2NC(=O)N[C@@H]21)c1ccc(F)cc1. The monoisotopic (exact) mass is 635 g/mol. The van der Waals surface area contributed by atoms with Crippen LogP contribution in [0.15, 0.2) is 24.3 Å². The van der Waals surface area contributed by atoms with Crippen molar-refractivity contribution in [2.45, 2.75) is 101 Å². The maximum absolute atomic E-state index is 13.3. The Kier molecular flexibility index (Phi) is 14.4. The Labute approximate surface area is 263 Å². The van der Waals surface area contributed by atoms with Gasteiger partial charge in [0.2, 0.25) is 11.8 Å². The molecule has 244 valence electrons. The fourth-order valence-corrected chi connectivity index (χ4v) is 7.06. The Balaban J connectivity index is 1.33. The van der Waals surface area contributed by atoms with Gasteiger partial charge in [0.25, 0.3) is 5.91 Å². The van der Waals surface area contributed by atoms with Crippen LogP contribution in [0.2, 0.25) is 0 Å². The standard InChI is InChI=1S/C31H46FN5O6S/c1-19(2)16-23(35-30(41)28(43-3)20-11-13-21(32)14-12-20)29(40)34-22(17-38)8-6-7-15-33-26(39)10-5-4-9-25-27-24(18-44-25)36-31(42)37-27/h11-14,17,19,22-25,27-28H,4-10,15-16,18H2,1-3H3,(H,33,39)(H,34,40)(H,35,41)(H2,36,37,42)/t22-,23-,24-,25-,27-,28?/m0/s1. The van der Waals surface area contributed by atoms with E-state index in [1.807, 2.05) is 25.6 Å². The molecule has 0 radical (unpaired) electrons. The number of halogens is 1. The molecule has 0 bridgehead atoms. The minimum absolute atomic E-state index is 0.0136. The number of amides is 5. The van der Waals surface area contributed by atoms with Gasteiger partial charge in [-0.1, -0.05) is 32.4 Å². The molecule has 5 N–H and O–H groups in total. The first-order chi connectivity index (χ1) is 21.1. The third-order valence-electron chi connectivity index (χ3n) is 7.82. The topological polar surface area (TPSA) is 155 Å². The van der Waals surface area contributed by atoms with E-state index in [4.69, 9.17) is 4.74 Å². The minimum atomic E-state index is -1.03. The van der Waals surface area contributed by atoms with Crippen LogP contribution >= 0.6 is 11.8 Å². The van der Waals surface area contributed by atoms with Gasteiger partial charge >= 0.3 is 6.03 Å². The van der Waals surface area contributed by atoms with E-state index in [-0.39, 0.29) is 29.9 Å². The third-order valence-corrected chi connectivity index (χ3v) is 9.33. The number of methoxy groups -OCH3 is 1. The van der Waals surface area contributed by atoms with Gasteiger partial charge < -0.3 is 36.1 Å². The molecule has 11 nitrogen and oxygen atoms in total. The van der Waals surface area contributed by atoms with E-state index in [1.54, 1.807) is 0 Å². The zero-order valence-corrected chi connectivity index (χ0v) is 26.6. The molecule has 0 saturated carbocycles. The molecule has 5 amide bonds. The number of ether oxygens (including phenoxy) is 1. The lowest BCUT2D eigenvalue weighted by molar-refractivity contribution is -0.136. The zero-order valence-electron chi connectivity index (χ0n) is 25.7. The largest absolute Gasteiger partial charge is 0.367 e. The van der Waals surface area contributed by atoms with Gasteiger partial charge in [-0.3, -0.25) is 14.4 Å². The number of carbonyl (C=O) groups is 5. The third kappa shape index (κ3) is 11.1. The van der Waals surface area contributed by atoms with Gasteiger partial charge in [0, 0.05) is 31.1 Å². The van der Waals surface area contributed by atoms with Gasteiger partial charge in [-0.05, 0) is 62.1 Å². The molecule has 0 spiro atoms. The van der Waals surface area contributed by atoms with Crippen molar-refractivity contribution < 1.29 is 33.1 Å². The number of hydrogen-bond acceptors (Lipinski definition) is 7. The Bertz CT molecular complexity index is 1120. The second kappa shape index (κ2) is 17.9. The van der Waals surface area contributed by atoms with Crippen LogP contribution in [0.25, 0.3) is 0 Å². The summed E-state index contributed by atoms with van der Waals surface area (Å²) in [5.41, 5.74) is 0.451. The van der Waals surface area contributed by atoms with Crippen molar-refractivity contribution in [1.29, 1.82) is 0 Å². The van der Waals surface area contributed by atoms with Crippen LogP contribution in [0, 0.1) is 11.7 Å². The number of unbranched alkanes of at least 4 members (excludes halogenated alkanes) is 2. The number of aldehydes is 1. The second-order valence-electron chi connectivity index (χ2n) is 11.8. The van der Waals surface area contributed by atoms with Crippen LogP contribution in [0.1, 0.15) is 76.9 Å². The van der Waals surface area contributed by atoms with Crippen LogP contribution < -0.4 is 26.6 Å². The Hall–Kier alpha value is -3.19. The molecule has 2 aliphatic rings. The fourth-order valence-electron chi connectivity index (χ4n) is 5.52. The van der Waals surface area contributed by atoms with Crippen molar-refractivity contribution in [1.82, 2.24) is 26.6 Å². The molecule has 0 aromatic heterocycles. The molecule has 6 atom stereocenters. The summed E-state index contributed by atoms with van der Waals surface area (Å²) in [6.07, 6.45) is 4.77. The van der Waals surface area contributed by atoms with E-state index in [2.05, 4.69) is 26.6 Å². The molecule has 2 fully saturated rings. The summed E-state index contributed by atoms with van der Waals surface area (Å²) in [5.74, 6) is -0.455. The first-order valence-corrected chi connectivity index (χ1v) is 16.5. The lowest BCUT2D eigenvalue weighted by atomic mass is 10.0. The van der Waals surface area contributed by atoms with Gasteiger partial charge in [-0.15, -0.1) is 0 Å². The minimum Gasteiger partial charge on any atom is -0.367 e. The van der Waals surface area contributed by atoms with Crippen LogP contribution in [0.5, 0.6) is 0 Å². The average molecular weight is 636 g/mol. The molecular formula is C31H46FN5O6S. The molecule has 1 aromatic rings. The lowest BCUT2D eigenvalue weighted by Crippen LogP contribution is -2.51. The summed E-state index contributed by atoms with van der Waals surface area (Å²) in [7, 11) is 1.36. The lowest BCUT2D eigenvalue weighted by Gasteiger charge is -2.24. The highest BCUT2D eigenvalue weighted by Gasteiger charge is 2.42. The molecule has 3 rings (SSSR count). The molecule has 1 aromatic carbocycles. The predicted molar refractivity (Wildman–Crippen MR) is 166 cm³/mol. The van der Waals surface area contributed by atoms with Crippen molar-refractivity contribution in [3.8, 4) is 0 Å². The van der Waals surface area contributed by atoms with E-state index >= 15 is 0 Å². The predicted octanol–water partition coefficient (Wildman–Crippen LogP) is 2.74. The van der Waals surface area contributed by atoms with E-state index < -0.39 is 35.8 Å². The van der Waals surface area contributed by atoms with Crippen molar-refractivity contribution in [3.63, 3.8) is 0 Å². The number of urea groups is 1. The Morgan fingerprint density at radius 3 is 2.50 bits per heavy atom. The van der Waals surface area contributed by atoms with Gasteiger partial charge in [0.05, 0.1) is 18.1 Å². The van der Waals surface area contributed by atoms with E-state index in [9.17, 15) is 28.4 Å². The highest BCUT2D eigenvalue weighted by atomic mass is 32.2. The van der Waals surface area contributed by atoms with Crippen LogP contribution in [-0.2, 0) is 23.9 Å². The summed E-state index contributed by atoms with van der Waals surface area (Å²) in [5, 5.41) is 14.7. The van der Waals surface area contributed by atoms with Crippen LogP contribution in [0.3, 0.4) is 0 Å². The quantitative estimate of drug-likeness (QED) is 0.0890. The molecule has 13 heteroatoms. The maximum Gasteiger partial charge on any atom is 0.315 e. The summed E-state index contributed by atoms with van der Waals surface area (Å²) < 4.78 is 18.6. The normalized spacial score (nSPS) is 21.0. The summed E-state index contributed by atoms with van der Waals surface area (Å²) in [6, 6.07) is 4.04. The van der Waals surface area contributed by atoms with Crippen LogP contribution in [-0.4, -0.2) is 78.9 Å². The summed E-state index contributed by atoms with van der Waals surface area (Å²) >= 11 is 1.87. The first-order valence-electron chi connectivity index (χ1n) is 15.4. The average Bonchev–Trinajstić information content (AvgIpc) is 3.54. The molecule has 2 aliphatic heterocycles. The zero-order chi connectivity index (χ0) is 32.1. The van der Waals surface area contributed by atoms with Gasteiger partial charge in [-0.2, -0.15) is 11.8 Å². The van der Waals surface area contributed by atoms with E-state index in [0.29, 0.717) is 55.7 Å². The molecule has 0 aliphatic carbocycles. The van der Waals surface area contributed by atoms with Crippen molar-refractivity contribution in [3.05, 3.63) is 35.6 Å². The van der Waals surface area contributed by atoms with E-state index in [1.165, 1.54) is 31.4 Å². The molecule has 2 saturated heterocycles. The highest BCUT2D eigenvalue weighted by molar-refractivity contribution is 8.00. The van der Waals surface area contributed by atoms with Crippen molar-refractivity contribution in [2.24, 2.45) is 5.92 Å². The van der Waals surface area contributed by atoms with Gasteiger partial charge in [0.15, 0.2) is 6.10 Å². The Morgan fingerprint density at radius 2 is 1.82 bits per heavy atom. The van der Waals surface area contributed by atoms with Crippen molar-refractivity contribution >= 4 is 41.8 Å². The van der Waals surface area contributed by atoms with Gasteiger partial charge in [-0.25, -0.2) is 9.18 Å². The second-order valence-corrected chi connectivity index (χ2v) is 13.1. The number of hydrogen-bond donors (Lipinski definition) is 5. The number of rotatable bonds is 19. The number of carbonyl (C=O) groups excluding carboxylic acids is 5. The van der Waals surface area contributed by atoms with E-state index in [0.717, 1.165) is 25.0 Å². The molecule has 44 heavy (non-hydrogen) atoms. The maximum atomic E-state index is 13.3. The summed E-state index contributed by atoms with van der Waals surface area (Å²) in [6.45, 7) is 4.32. The Morgan fingerprint density at radius 1 is 1.07 bits per heavy atom. The van der Waals surface area contributed by atoms with Gasteiger partial charge in [0.1, 0.15) is 18.1 Å². The smallest absolute Gasteiger partial charge is 0.315 e. The molecule has 1 unspecified atom stereocenters. The molecule has 2 heterocycles. The first kappa shape index (κ1) is 35.3. The highest BCUT2D eigenvalue weighted by Crippen LogP contribution is 2.33. The number of benzene rings is 1. The fraction of sp³-hybridized carbons (Fsp3) is 0.645. The molecular weight excluding hydrogens is 589 g/mol.